The van der Waals surface area contributed by atoms with E-state index in [9.17, 15) is 0 Å². The summed E-state index contributed by atoms with van der Waals surface area (Å²) in [7, 11) is 0. The summed E-state index contributed by atoms with van der Waals surface area (Å²) in [5, 5.41) is 5.82. The van der Waals surface area contributed by atoms with Crippen molar-refractivity contribution in [2.24, 2.45) is 5.73 Å². The fraction of sp³-hybridized carbons (Fsp3) is 0.692. The zero-order chi connectivity index (χ0) is 12.1. The third-order valence-corrected chi connectivity index (χ3v) is 4.75. The molecule has 1 aromatic heterocycles. The molecule has 1 aromatic rings. The van der Waals surface area contributed by atoms with Crippen LogP contribution in [0, 0.1) is 0 Å². The van der Waals surface area contributed by atoms with Gasteiger partial charge in [-0.3, -0.25) is 0 Å². The van der Waals surface area contributed by atoms with Crippen LogP contribution in [0.5, 0.6) is 0 Å². The van der Waals surface area contributed by atoms with Gasteiger partial charge in [0.2, 0.25) is 0 Å². The summed E-state index contributed by atoms with van der Waals surface area (Å²) in [5.41, 5.74) is 6.15. The van der Waals surface area contributed by atoms with Gasteiger partial charge in [0.05, 0.1) is 0 Å². The Balaban J connectivity index is 1.87. The van der Waals surface area contributed by atoms with Crippen LogP contribution in [-0.2, 0) is 6.54 Å². The number of likely N-dealkylation sites (tertiary alicyclic amines) is 1. The van der Waals surface area contributed by atoms with E-state index in [-0.39, 0.29) is 5.54 Å². The van der Waals surface area contributed by atoms with Crippen molar-refractivity contribution in [2.75, 3.05) is 26.2 Å². The monoisotopic (exact) mass is 253 g/mol. The fourth-order valence-electron chi connectivity index (χ4n) is 2.44. The lowest BCUT2D eigenvalue weighted by atomic mass is 9.87. The summed E-state index contributed by atoms with van der Waals surface area (Å²) < 4.78 is 0. The predicted octanol–water partition coefficient (Wildman–Crippen LogP) is 1.65. The first-order valence-electron chi connectivity index (χ1n) is 6.48. The maximum absolute atomic E-state index is 5.99. The number of thiophene rings is 1. The molecule has 1 saturated heterocycles. The smallest absolute Gasteiger partial charge is 0.0331 e. The van der Waals surface area contributed by atoms with Gasteiger partial charge in [-0.15, -0.1) is 11.3 Å². The lowest BCUT2D eigenvalue weighted by molar-refractivity contribution is 0.143. The minimum atomic E-state index is 0.162. The van der Waals surface area contributed by atoms with Crippen LogP contribution in [0.15, 0.2) is 17.5 Å². The number of nitrogens with two attached hydrogens (primary N) is 1. The molecule has 1 aliphatic rings. The molecule has 2 heterocycles. The Labute approximate surface area is 108 Å². The first-order chi connectivity index (χ1) is 8.28. The van der Waals surface area contributed by atoms with Crippen molar-refractivity contribution >= 4 is 11.3 Å². The van der Waals surface area contributed by atoms with E-state index in [2.05, 4.69) is 34.7 Å². The van der Waals surface area contributed by atoms with Crippen LogP contribution in [0.1, 0.15) is 24.6 Å². The lowest BCUT2D eigenvalue weighted by Crippen LogP contribution is -2.57. The number of nitrogens with zero attached hydrogens (tertiary/aromatic N) is 1. The molecule has 0 amide bonds. The van der Waals surface area contributed by atoms with Gasteiger partial charge in [0.25, 0.3) is 0 Å². The molecule has 4 heteroatoms. The van der Waals surface area contributed by atoms with E-state index in [1.165, 1.54) is 30.8 Å². The van der Waals surface area contributed by atoms with Crippen LogP contribution >= 0.6 is 11.3 Å². The average molecular weight is 253 g/mol. The van der Waals surface area contributed by atoms with E-state index in [0.717, 1.165) is 19.6 Å². The van der Waals surface area contributed by atoms with Crippen LogP contribution in [0.3, 0.4) is 0 Å². The molecule has 0 radical (unpaired) electrons. The second-order valence-corrected chi connectivity index (χ2v) is 5.88. The van der Waals surface area contributed by atoms with Crippen molar-refractivity contribution < 1.29 is 0 Å². The highest BCUT2D eigenvalue weighted by atomic mass is 32.1. The van der Waals surface area contributed by atoms with Crippen LogP contribution in [0.2, 0.25) is 0 Å². The minimum absolute atomic E-state index is 0.162. The first-order valence-corrected chi connectivity index (χ1v) is 7.36. The Morgan fingerprint density at radius 1 is 1.47 bits per heavy atom. The first kappa shape index (κ1) is 13.0. The Bertz CT molecular complexity index is 315. The molecule has 1 fully saturated rings. The van der Waals surface area contributed by atoms with Crippen molar-refractivity contribution in [2.45, 2.75) is 31.8 Å². The Kier molecular flexibility index (Phi) is 4.56. The molecule has 0 spiro atoms. The normalized spacial score (nSPS) is 20.6. The van der Waals surface area contributed by atoms with Gasteiger partial charge in [0.1, 0.15) is 0 Å². The standard InChI is InChI=1S/C13H23N3S/c1-2-16-7-5-13(11-14,6-8-16)15-10-12-4-3-9-17-12/h3-4,9,15H,2,5-8,10-11,14H2,1H3. The summed E-state index contributed by atoms with van der Waals surface area (Å²) in [5.74, 6) is 0. The van der Waals surface area contributed by atoms with Gasteiger partial charge >= 0.3 is 0 Å². The van der Waals surface area contributed by atoms with E-state index in [4.69, 9.17) is 5.73 Å². The minimum Gasteiger partial charge on any atom is -0.329 e. The molecule has 3 nitrogen and oxygen atoms in total. The van der Waals surface area contributed by atoms with Gasteiger partial charge in [-0.2, -0.15) is 0 Å². The maximum Gasteiger partial charge on any atom is 0.0331 e. The van der Waals surface area contributed by atoms with Crippen LogP contribution in [0.4, 0.5) is 0 Å². The molecule has 17 heavy (non-hydrogen) atoms. The molecule has 3 N–H and O–H groups in total. The third kappa shape index (κ3) is 3.28. The summed E-state index contributed by atoms with van der Waals surface area (Å²) in [4.78, 5) is 3.90. The Morgan fingerprint density at radius 3 is 2.76 bits per heavy atom. The highest BCUT2D eigenvalue weighted by molar-refractivity contribution is 7.09. The second-order valence-electron chi connectivity index (χ2n) is 4.85. The molecular weight excluding hydrogens is 230 g/mol. The topological polar surface area (TPSA) is 41.3 Å². The molecule has 0 atom stereocenters. The molecule has 1 aliphatic heterocycles. The fourth-order valence-corrected chi connectivity index (χ4v) is 3.08. The van der Waals surface area contributed by atoms with Crippen molar-refractivity contribution in [3.63, 3.8) is 0 Å². The van der Waals surface area contributed by atoms with E-state index in [1.54, 1.807) is 0 Å². The van der Waals surface area contributed by atoms with E-state index >= 15 is 0 Å². The van der Waals surface area contributed by atoms with E-state index < -0.39 is 0 Å². The van der Waals surface area contributed by atoms with Gasteiger partial charge in [-0.1, -0.05) is 13.0 Å². The quantitative estimate of drug-likeness (QED) is 0.838. The Morgan fingerprint density at radius 2 is 2.24 bits per heavy atom. The van der Waals surface area contributed by atoms with Gasteiger partial charge in [0, 0.05) is 23.5 Å². The van der Waals surface area contributed by atoms with E-state index in [0.29, 0.717) is 0 Å². The molecular formula is C13H23N3S. The summed E-state index contributed by atoms with van der Waals surface area (Å²) in [6.07, 6.45) is 2.34. The molecule has 0 saturated carbocycles. The second kappa shape index (κ2) is 5.96. The van der Waals surface area contributed by atoms with Gasteiger partial charge < -0.3 is 16.0 Å². The van der Waals surface area contributed by atoms with Gasteiger partial charge in [0.15, 0.2) is 0 Å². The summed E-state index contributed by atoms with van der Waals surface area (Å²) >= 11 is 1.81. The number of piperidine rings is 1. The molecule has 0 aromatic carbocycles. The van der Waals surface area contributed by atoms with Crippen molar-refractivity contribution in [1.29, 1.82) is 0 Å². The van der Waals surface area contributed by atoms with Crippen LogP contribution in [-0.4, -0.2) is 36.6 Å². The molecule has 0 unspecified atom stereocenters. The summed E-state index contributed by atoms with van der Waals surface area (Å²) in [6, 6.07) is 4.29. The van der Waals surface area contributed by atoms with Crippen molar-refractivity contribution in [3.05, 3.63) is 22.4 Å². The van der Waals surface area contributed by atoms with Crippen LogP contribution < -0.4 is 11.1 Å². The summed E-state index contributed by atoms with van der Waals surface area (Å²) in [6.45, 7) is 7.44. The molecule has 0 aliphatic carbocycles. The van der Waals surface area contributed by atoms with Gasteiger partial charge in [-0.05, 0) is 43.9 Å². The number of hydrogen-bond acceptors (Lipinski definition) is 4. The van der Waals surface area contributed by atoms with Crippen LogP contribution in [0.25, 0.3) is 0 Å². The van der Waals surface area contributed by atoms with Crippen molar-refractivity contribution in [3.8, 4) is 0 Å². The number of nitrogens with one attached hydrogen (secondary N) is 1. The Hall–Kier alpha value is -0.420. The highest BCUT2D eigenvalue weighted by Gasteiger charge is 2.32. The highest BCUT2D eigenvalue weighted by Crippen LogP contribution is 2.22. The number of rotatable bonds is 5. The average Bonchev–Trinajstić information content (AvgIpc) is 2.90. The SMILES string of the molecule is CCN1CCC(CN)(NCc2cccs2)CC1. The van der Waals surface area contributed by atoms with E-state index in [1.807, 2.05) is 11.3 Å². The third-order valence-electron chi connectivity index (χ3n) is 3.87. The van der Waals surface area contributed by atoms with Crippen molar-refractivity contribution in [1.82, 2.24) is 10.2 Å². The molecule has 2 rings (SSSR count). The van der Waals surface area contributed by atoms with Gasteiger partial charge in [-0.25, -0.2) is 0 Å². The number of hydrogen-bond donors (Lipinski definition) is 2. The zero-order valence-electron chi connectivity index (χ0n) is 10.6. The molecule has 96 valence electrons. The lowest BCUT2D eigenvalue weighted by Gasteiger charge is -2.41. The molecule has 0 bridgehead atoms. The zero-order valence-corrected chi connectivity index (χ0v) is 11.4. The maximum atomic E-state index is 5.99. The largest absolute Gasteiger partial charge is 0.329 e. The predicted molar refractivity (Wildman–Crippen MR) is 74.3 cm³/mol.